The molecule has 0 atom stereocenters. The first-order chi connectivity index (χ1) is 9.92. The molecule has 0 saturated carbocycles. The number of aromatic amines is 2. The summed E-state index contributed by atoms with van der Waals surface area (Å²) in [7, 11) is 0. The molecule has 0 aliphatic rings. The summed E-state index contributed by atoms with van der Waals surface area (Å²) in [5, 5.41) is 1.05. The molecule has 3 aromatic heterocycles. The van der Waals surface area contributed by atoms with Crippen LogP contribution in [-0.2, 0) is 0 Å². The molecule has 20 heavy (non-hydrogen) atoms. The Balaban J connectivity index is 2.05. The summed E-state index contributed by atoms with van der Waals surface area (Å²) >= 11 is 0. The highest BCUT2D eigenvalue weighted by Crippen LogP contribution is 2.27. The smallest absolute Gasteiger partial charge is 0.177 e. The molecule has 4 aromatic rings. The molecule has 0 spiro atoms. The van der Waals surface area contributed by atoms with Gasteiger partial charge in [0.1, 0.15) is 0 Å². The Kier molecular flexibility index (Phi) is 2.39. The first-order valence-electron chi connectivity index (χ1n) is 6.46. The Morgan fingerprint density at radius 1 is 0.700 bits per heavy atom. The molecule has 0 radical (unpaired) electrons. The van der Waals surface area contributed by atoms with Crippen LogP contribution in [-0.4, -0.2) is 19.9 Å². The standard InChI is InChI=1S/C16H12N4/c1-2-6-12-11(5-1)15(13-7-3-9-17-13)20-16(19-12)14-8-4-10-18-14/h1-10,17-18H. The number of fused-ring (bicyclic) bond motifs is 1. The van der Waals surface area contributed by atoms with E-state index in [9.17, 15) is 0 Å². The fraction of sp³-hybridized carbons (Fsp3) is 0. The van der Waals surface area contributed by atoms with Crippen molar-refractivity contribution in [2.75, 3.05) is 0 Å². The van der Waals surface area contributed by atoms with E-state index in [-0.39, 0.29) is 0 Å². The van der Waals surface area contributed by atoms with Crippen molar-refractivity contribution in [3.05, 3.63) is 60.9 Å². The Hall–Kier alpha value is -2.88. The van der Waals surface area contributed by atoms with Gasteiger partial charge in [0.05, 0.1) is 22.6 Å². The van der Waals surface area contributed by atoms with E-state index in [4.69, 9.17) is 4.98 Å². The quantitative estimate of drug-likeness (QED) is 0.578. The number of nitrogens with one attached hydrogen (secondary N) is 2. The van der Waals surface area contributed by atoms with Gasteiger partial charge in [-0.2, -0.15) is 0 Å². The minimum atomic E-state index is 0.707. The predicted molar refractivity (Wildman–Crippen MR) is 79.1 cm³/mol. The fourth-order valence-corrected chi connectivity index (χ4v) is 2.35. The van der Waals surface area contributed by atoms with Crippen molar-refractivity contribution in [3.63, 3.8) is 0 Å². The number of nitrogens with zero attached hydrogens (tertiary/aromatic N) is 2. The number of hydrogen-bond acceptors (Lipinski definition) is 2. The Morgan fingerprint density at radius 2 is 1.45 bits per heavy atom. The van der Waals surface area contributed by atoms with Gasteiger partial charge in [0.15, 0.2) is 5.82 Å². The largest absolute Gasteiger partial charge is 0.360 e. The van der Waals surface area contributed by atoms with Gasteiger partial charge in [-0.15, -0.1) is 0 Å². The first-order valence-corrected chi connectivity index (χ1v) is 6.46. The van der Waals surface area contributed by atoms with Gasteiger partial charge in [-0.25, -0.2) is 9.97 Å². The van der Waals surface area contributed by atoms with Crippen molar-refractivity contribution >= 4 is 10.9 Å². The summed E-state index contributed by atoms with van der Waals surface area (Å²) in [4.78, 5) is 15.7. The van der Waals surface area contributed by atoms with E-state index in [1.807, 2.05) is 60.9 Å². The maximum absolute atomic E-state index is 4.71. The summed E-state index contributed by atoms with van der Waals surface area (Å²) in [5.41, 5.74) is 3.78. The number of benzene rings is 1. The highest BCUT2D eigenvalue weighted by Gasteiger charge is 2.11. The van der Waals surface area contributed by atoms with E-state index in [0.29, 0.717) is 5.82 Å². The third-order valence-corrected chi connectivity index (χ3v) is 3.30. The van der Waals surface area contributed by atoms with Crippen molar-refractivity contribution in [3.8, 4) is 22.9 Å². The number of rotatable bonds is 2. The number of H-pyrrole nitrogens is 2. The van der Waals surface area contributed by atoms with Crippen LogP contribution in [0.3, 0.4) is 0 Å². The van der Waals surface area contributed by atoms with Crippen molar-refractivity contribution in [2.45, 2.75) is 0 Å². The summed E-state index contributed by atoms with van der Waals surface area (Å²) in [5.74, 6) is 0.707. The molecule has 4 heteroatoms. The van der Waals surface area contributed by atoms with Gasteiger partial charge in [0.25, 0.3) is 0 Å². The predicted octanol–water partition coefficient (Wildman–Crippen LogP) is 3.62. The molecule has 4 nitrogen and oxygen atoms in total. The van der Waals surface area contributed by atoms with E-state index >= 15 is 0 Å². The van der Waals surface area contributed by atoms with Gasteiger partial charge in [-0.3, -0.25) is 0 Å². The first kappa shape index (κ1) is 11.0. The molecule has 96 valence electrons. The van der Waals surface area contributed by atoms with Gasteiger partial charge in [0, 0.05) is 17.8 Å². The van der Waals surface area contributed by atoms with Gasteiger partial charge < -0.3 is 9.97 Å². The average Bonchev–Trinajstić information content (AvgIpc) is 3.19. The molecule has 0 amide bonds. The SMILES string of the molecule is c1c[nH]c(-c2nc(-c3ccc[nH]3)c3ccccc3n2)c1. The van der Waals surface area contributed by atoms with E-state index in [0.717, 1.165) is 28.0 Å². The molecular formula is C16H12N4. The van der Waals surface area contributed by atoms with Crippen LogP contribution >= 0.6 is 0 Å². The number of hydrogen-bond donors (Lipinski definition) is 2. The van der Waals surface area contributed by atoms with Crippen molar-refractivity contribution in [2.24, 2.45) is 0 Å². The summed E-state index contributed by atoms with van der Waals surface area (Å²) in [6.45, 7) is 0. The Morgan fingerprint density at radius 3 is 2.20 bits per heavy atom. The van der Waals surface area contributed by atoms with Crippen LogP contribution in [0.15, 0.2) is 60.9 Å². The lowest BCUT2D eigenvalue weighted by Crippen LogP contribution is -1.95. The summed E-state index contributed by atoms with van der Waals surface area (Å²) < 4.78 is 0. The van der Waals surface area contributed by atoms with Crippen LogP contribution in [0.4, 0.5) is 0 Å². The second-order valence-electron chi connectivity index (χ2n) is 4.58. The van der Waals surface area contributed by atoms with Gasteiger partial charge in [0.2, 0.25) is 0 Å². The maximum atomic E-state index is 4.71. The summed E-state index contributed by atoms with van der Waals surface area (Å²) in [6.07, 6.45) is 3.78. The van der Waals surface area contributed by atoms with Crippen LogP contribution in [0, 0.1) is 0 Å². The highest BCUT2D eigenvalue weighted by molar-refractivity contribution is 5.92. The fourth-order valence-electron chi connectivity index (χ4n) is 2.35. The average molecular weight is 260 g/mol. The lowest BCUT2D eigenvalue weighted by atomic mass is 10.1. The zero-order valence-corrected chi connectivity index (χ0v) is 10.7. The molecule has 0 saturated heterocycles. The van der Waals surface area contributed by atoms with Gasteiger partial charge >= 0.3 is 0 Å². The summed E-state index contributed by atoms with van der Waals surface area (Å²) in [6, 6.07) is 16.0. The zero-order chi connectivity index (χ0) is 13.4. The molecule has 0 bridgehead atoms. The minimum Gasteiger partial charge on any atom is -0.360 e. The third kappa shape index (κ3) is 1.70. The van der Waals surface area contributed by atoms with Crippen LogP contribution in [0.25, 0.3) is 33.8 Å². The highest BCUT2D eigenvalue weighted by atomic mass is 14.9. The second-order valence-corrected chi connectivity index (χ2v) is 4.58. The molecule has 3 heterocycles. The molecule has 2 N–H and O–H groups in total. The normalized spacial score (nSPS) is 11.0. The molecule has 0 unspecified atom stereocenters. The molecule has 1 aromatic carbocycles. The number of aromatic nitrogens is 4. The van der Waals surface area contributed by atoms with Crippen molar-refractivity contribution in [1.29, 1.82) is 0 Å². The van der Waals surface area contributed by atoms with Crippen molar-refractivity contribution in [1.82, 2.24) is 19.9 Å². The maximum Gasteiger partial charge on any atom is 0.177 e. The lowest BCUT2D eigenvalue weighted by molar-refractivity contribution is 1.19. The molecular weight excluding hydrogens is 248 g/mol. The topological polar surface area (TPSA) is 57.4 Å². The van der Waals surface area contributed by atoms with E-state index in [1.54, 1.807) is 0 Å². The van der Waals surface area contributed by atoms with E-state index < -0.39 is 0 Å². The number of para-hydroxylation sites is 1. The lowest BCUT2D eigenvalue weighted by Gasteiger charge is -2.06. The monoisotopic (exact) mass is 260 g/mol. The van der Waals surface area contributed by atoms with Crippen LogP contribution < -0.4 is 0 Å². The van der Waals surface area contributed by atoms with Crippen LogP contribution in [0.1, 0.15) is 0 Å². The van der Waals surface area contributed by atoms with E-state index in [1.165, 1.54) is 0 Å². The third-order valence-electron chi connectivity index (χ3n) is 3.30. The molecule has 0 fully saturated rings. The van der Waals surface area contributed by atoms with Gasteiger partial charge in [-0.1, -0.05) is 18.2 Å². The second kappa shape index (κ2) is 4.35. The van der Waals surface area contributed by atoms with Crippen LogP contribution in [0.2, 0.25) is 0 Å². The minimum absolute atomic E-state index is 0.707. The Labute approximate surface area is 115 Å². The van der Waals surface area contributed by atoms with Crippen molar-refractivity contribution < 1.29 is 0 Å². The van der Waals surface area contributed by atoms with Crippen LogP contribution in [0.5, 0.6) is 0 Å². The zero-order valence-electron chi connectivity index (χ0n) is 10.7. The Bertz CT molecular complexity index is 845. The van der Waals surface area contributed by atoms with E-state index in [2.05, 4.69) is 15.0 Å². The molecule has 4 rings (SSSR count). The molecule has 0 aliphatic carbocycles. The van der Waals surface area contributed by atoms with Gasteiger partial charge in [-0.05, 0) is 30.3 Å². The molecule has 0 aliphatic heterocycles.